The molecule has 2 heterocycles. The number of halogens is 2. The molecule has 0 spiro atoms. The van der Waals surface area contributed by atoms with E-state index < -0.39 is 10.0 Å². The van der Waals surface area contributed by atoms with Crippen molar-refractivity contribution in [1.82, 2.24) is 9.21 Å². The average Bonchev–Trinajstić information content (AvgIpc) is 2.71. The van der Waals surface area contributed by atoms with E-state index in [1.54, 1.807) is 0 Å². The molecular weight excluding hydrogens is 374 g/mol. The lowest BCUT2D eigenvalue weighted by atomic mass is 10.4. The molecule has 1 aliphatic heterocycles. The molecule has 0 aromatic carbocycles. The Morgan fingerprint density at radius 2 is 2.05 bits per heavy atom. The molecule has 0 aliphatic carbocycles. The number of sulfonamides is 1. The second-order valence-electron chi connectivity index (χ2n) is 4.03. The summed E-state index contributed by atoms with van der Waals surface area (Å²) in [5, 5.41) is 9.02. The van der Waals surface area contributed by atoms with Crippen LogP contribution in [0, 0.1) is 11.3 Å². The normalized spacial score (nSPS) is 18.4. The first-order chi connectivity index (χ1) is 8.95. The zero-order valence-electron chi connectivity index (χ0n) is 9.84. The molecule has 1 saturated heterocycles. The van der Waals surface area contributed by atoms with Gasteiger partial charge in [-0.3, -0.25) is 4.90 Å². The van der Waals surface area contributed by atoms with Crippen LogP contribution in [0.5, 0.6) is 0 Å². The van der Waals surface area contributed by atoms with Gasteiger partial charge >= 0.3 is 0 Å². The van der Waals surface area contributed by atoms with Gasteiger partial charge in [-0.1, -0.05) is 11.6 Å². The third-order valence-electron chi connectivity index (χ3n) is 2.84. The molecule has 19 heavy (non-hydrogen) atoms. The molecule has 0 atom stereocenters. The molecule has 0 amide bonds. The van der Waals surface area contributed by atoms with Gasteiger partial charge in [-0.15, -0.1) is 11.3 Å². The molecule has 104 valence electrons. The maximum Gasteiger partial charge on any atom is 0.252 e. The number of hydrogen-bond acceptors (Lipinski definition) is 5. The fourth-order valence-corrected chi connectivity index (χ4v) is 5.78. The van der Waals surface area contributed by atoms with Crippen LogP contribution in [-0.4, -0.2) is 50.3 Å². The molecule has 2 rings (SSSR count). The predicted octanol–water partition coefficient (Wildman–Crippen LogP) is 1.99. The van der Waals surface area contributed by atoms with Crippen molar-refractivity contribution in [2.45, 2.75) is 4.21 Å². The Morgan fingerprint density at radius 1 is 1.42 bits per heavy atom. The van der Waals surface area contributed by atoms with Crippen LogP contribution in [0.15, 0.2) is 14.1 Å². The summed E-state index contributed by atoms with van der Waals surface area (Å²) in [4.78, 5) is 1.93. The Hall–Kier alpha value is -0.170. The zero-order chi connectivity index (χ0) is 14.0. The van der Waals surface area contributed by atoms with Crippen molar-refractivity contribution >= 4 is 48.9 Å². The minimum Gasteiger partial charge on any atom is -0.288 e. The highest BCUT2D eigenvalue weighted by molar-refractivity contribution is 9.11. The quantitative estimate of drug-likeness (QED) is 0.748. The monoisotopic (exact) mass is 383 g/mol. The van der Waals surface area contributed by atoms with Crippen LogP contribution in [-0.2, 0) is 10.0 Å². The molecule has 5 nitrogen and oxygen atoms in total. The van der Waals surface area contributed by atoms with E-state index in [1.807, 2.05) is 4.90 Å². The van der Waals surface area contributed by atoms with Crippen LogP contribution < -0.4 is 0 Å². The lowest BCUT2D eigenvalue weighted by molar-refractivity contribution is 0.206. The van der Waals surface area contributed by atoms with Gasteiger partial charge < -0.3 is 0 Å². The molecule has 0 saturated carbocycles. The Kier molecular flexibility index (Phi) is 4.87. The van der Waals surface area contributed by atoms with Crippen LogP contribution >= 0.6 is 38.9 Å². The predicted molar refractivity (Wildman–Crippen MR) is 77.8 cm³/mol. The van der Waals surface area contributed by atoms with Gasteiger partial charge in [0.25, 0.3) is 10.0 Å². The molecule has 1 aliphatic rings. The first-order valence-electron chi connectivity index (χ1n) is 5.49. The standard InChI is InChI=1S/C10H11BrClN3O2S2/c11-10-8(12)7-9(18-10)19(16,17)15-5-3-14(2-1-13)4-6-15/h7H,2-6H2. The summed E-state index contributed by atoms with van der Waals surface area (Å²) in [6.07, 6.45) is 0. The van der Waals surface area contributed by atoms with E-state index in [-0.39, 0.29) is 4.21 Å². The summed E-state index contributed by atoms with van der Waals surface area (Å²) in [6, 6.07) is 3.54. The van der Waals surface area contributed by atoms with Crippen molar-refractivity contribution in [3.8, 4) is 6.07 Å². The van der Waals surface area contributed by atoms with Gasteiger partial charge in [-0.2, -0.15) is 9.57 Å². The van der Waals surface area contributed by atoms with Crippen molar-refractivity contribution < 1.29 is 8.42 Å². The first-order valence-corrected chi connectivity index (χ1v) is 8.92. The van der Waals surface area contributed by atoms with Gasteiger partial charge in [0.15, 0.2) is 0 Å². The highest BCUT2D eigenvalue weighted by Gasteiger charge is 2.30. The van der Waals surface area contributed by atoms with Gasteiger partial charge in [0.1, 0.15) is 4.21 Å². The highest BCUT2D eigenvalue weighted by atomic mass is 79.9. The minimum atomic E-state index is -3.47. The number of nitriles is 1. The SMILES string of the molecule is N#CCN1CCN(S(=O)(=O)c2cc(Cl)c(Br)s2)CC1. The third kappa shape index (κ3) is 3.29. The Bertz CT molecular complexity index is 583. The summed E-state index contributed by atoms with van der Waals surface area (Å²) < 4.78 is 27.1. The molecular formula is C10H11BrClN3O2S2. The summed E-state index contributed by atoms with van der Waals surface area (Å²) in [6.45, 7) is 2.29. The third-order valence-corrected chi connectivity index (χ3v) is 7.66. The summed E-state index contributed by atoms with van der Waals surface area (Å²) in [5.74, 6) is 0. The molecule has 0 N–H and O–H groups in total. The first kappa shape index (κ1) is 15.2. The molecule has 0 unspecified atom stereocenters. The van der Waals surface area contributed by atoms with Crippen molar-refractivity contribution in [1.29, 1.82) is 5.26 Å². The van der Waals surface area contributed by atoms with Crippen LogP contribution in [0.2, 0.25) is 5.02 Å². The van der Waals surface area contributed by atoms with E-state index in [0.29, 0.717) is 41.5 Å². The second kappa shape index (κ2) is 6.08. The summed E-state index contributed by atoms with van der Waals surface area (Å²) in [5.41, 5.74) is 0. The van der Waals surface area contributed by atoms with Gasteiger partial charge in [0.05, 0.1) is 21.4 Å². The summed E-state index contributed by atoms with van der Waals surface area (Å²) in [7, 11) is -3.47. The molecule has 9 heteroatoms. The van der Waals surface area contributed by atoms with Crippen LogP contribution in [0.3, 0.4) is 0 Å². The van der Waals surface area contributed by atoms with E-state index in [2.05, 4.69) is 22.0 Å². The molecule has 0 radical (unpaired) electrons. The Morgan fingerprint density at radius 3 is 2.53 bits per heavy atom. The summed E-state index contributed by atoms with van der Waals surface area (Å²) >= 11 is 10.2. The molecule has 1 aromatic rings. The van der Waals surface area contributed by atoms with Crippen LogP contribution in [0.25, 0.3) is 0 Å². The molecule has 0 bridgehead atoms. The fraction of sp³-hybridized carbons (Fsp3) is 0.500. The van der Waals surface area contributed by atoms with Gasteiger partial charge in [-0.25, -0.2) is 8.42 Å². The Balaban J connectivity index is 2.12. The van der Waals surface area contributed by atoms with Crippen molar-refractivity contribution in [2.24, 2.45) is 0 Å². The van der Waals surface area contributed by atoms with E-state index >= 15 is 0 Å². The van der Waals surface area contributed by atoms with Crippen LogP contribution in [0.4, 0.5) is 0 Å². The Labute approximate surface area is 129 Å². The fourth-order valence-electron chi connectivity index (χ4n) is 1.81. The number of hydrogen-bond donors (Lipinski definition) is 0. The number of piperazine rings is 1. The van der Waals surface area contributed by atoms with Crippen molar-refractivity contribution in [3.05, 3.63) is 14.9 Å². The largest absolute Gasteiger partial charge is 0.288 e. The lowest BCUT2D eigenvalue weighted by Crippen LogP contribution is -2.48. The topological polar surface area (TPSA) is 64.4 Å². The molecule has 1 fully saturated rings. The van der Waals surface area contributed by atoms with E-state index in [0.717, 1.165) is 11.3 Å². The number of rotatable bonds is 3. The average molecular weight is 385 g/mol. The lowest BCUT2D eigenvalue weighted by Gasteiger charge is -2.32. The second-order valence-corrected chi connectivity index (χ2v) is 8.97. The number of thiophene rings is 1. The van der Waals surface area contributed by atoms with Crippen molar-refractivity contribution in [3.63, 3.8) is 0 Å². The van der Waals surface area contributed by atoms with Gasteiger partial charge in [0, 0.05) is 26.2 Å². The van der Waals surface area contributed by atoms with Gasteiger partial charge in [-0.05, 0) is 22.0 Å². The van der Waals surface area contributed by atoms with E-state index in [1.165, 1.54) is 10.4 Å². The highest BCUT2D eigenvalue weighted by Crippen LogP contribution is 2.36. The zero-order valence-corrected chi connectivity index (χ0v) is 13.8. The maximum absolute atomic E-state index is 12.4. The van der Waals surface area contributed by atoms with Crippen molar-refractivity contribution in [2.75, 3.05) is 32.7 Å². The number of nitrogens with zero attached hydrogens (tertiary/aromatic N) is 3. The minimum absolute atomic E-state index is 0.248. The maximum atomic E-state index is 12.4. The smallest absolute Gasteiger partial charge is 0.252 e. The van der Waals surface area contributed by atoms with E-state index in [4.69, 9.17) is 16.9 Å². The molecule has 1 aromatic heterocycles. The van der Waals surface area contributed by atoms with Gasteiger partial charge in [0.2, 0.25) is 0 Å². The van der Waals surface area contributed by atoms with Crippen LogP contribution in [0.1, 0.15) is 0 Å². The van der Waals surface area contributed by atoms with E-state index in [9.17, 15) is 8.42 Å².